The fourth-order valence-electron chi connectivity index (χ4n) is 8.23. The third-order valence-corrected chi connectivity index (χ3v) is 12.6. The van der Waals surface area contributed by atoms with Crippen LogP contribution in [0, 0.1) is 40.9 Å². The van der Waals surface area contributed by atoms with Crippen LogP contribution in [0.4, 0.5) is 0 Å². The van der Waals surface area contributed by atoms with Crippen LogP contribution in [0.2, 0.25) is 0 Å². The Bertz CT molecular complexity index is 1800. The van der Waals surface area contributed by atoms with E-state index in [2.05, 4.69) is 42.7 Å². The average Bonchev–Trinajstić information content (AvgIpc) is 3.46. The van der Waals surface area contributed by atoms with Crippen molar-refractivity contribution in [1.29, 1.82) is 0 Å². The van der Waals surface area contributed by atoms with Gasteiger partial charge in [0.05, 0.1) is 30.7 Å². The lowest BCUT2D eigenvalue weighted by molar-refractivity contribution is -0.183. The first-order valence-corrected chi connectivity index (χ1v) is 18.6. The number of hydrogen-bond donors (Lipinski definition) is 4. The summed E-state index contributed by atoms with van der Waals surface area (Å²) in [5.41, 5.74) is 3.72. The van der Waals surface area contributed by atoms with E-state index >= 15 is 0 Å². The van der Waals surface area contributed by atoms with Crippen LogP contribution in [-0.2, 0) is 26.2 Å². The van der Waals surface area contributed by atoms with E-state index in [1.54, 1.807) is 36.3 Å². The number of hydrogen-bond acceptors (Lipinski definition) is 7. The molecule has 4 aliphatic rings. The molecule has 4 N–H and O–H groups in total. The van der Waals surface area contributed by atoms with Crippen LogP contribution >= 0.6 is 0 Å². The normalized spacial score (nSPS) is 28.2. The number of nitrogens with one attached hydrogen (secondary N) is 2. The maximum atomic E-state index is 13.9. The predicted octanol–water partition coefficient (Wildman–Crippen LogP) is 4.34. The fourth-order valence-corrected chi connectivity index (χ4v) is 9.15. The fraction of sp³-hybridized carbons (Fsp3) is 0.462. The van der Waals surface area contributed by atoms with Crippen LogP contribution in [0.25, 0.3) is 11.1 Å². The average molecular weight is 686 g/mol. The number of fused-ring (bicyclic) bond motifs is 2. The van der Waals surface area contributed by atoms with Gasteiger partial charge in [-0.15, -0.1) is 0 Å². The monoisotopic (exact) mass is 685 g/mol. The maximum absolute atomic E-state index is 13.9. The van der Waals surface area contributed by atoms with E-state index in [4.69, 9.17) is 4.84 Å². The van der Waals surface area contributed by atoms with Gasteiger partial charge in [0.2, 0.25) is 15.9 Å². The van der Waals surface area contributed by atoms with E-state index in [1.165, 1.54) is 6.42 Å². The zero-order valence-corrected chi connectivity index (χ0v) is 29.4. The van der Waals surface area contributed by atoms with Crippen molar-refractivity contribution in [1.82, 2.24) is 15.1 Å². The molecule has 4 fully saturated rings. The number of aliphatic hydroxyl groups is 2. The highest BCUT2D eigenvalue weighted by Crippen LogP contribution is 2.61. The molecule has 260 valence electrons. The molecule has 0 radical (unpaired) electrons. The first-order valence-electron chi connectivity index (χ1n) is 17.1. The molecule has 3 aliphatic carbocycles. The van der Waals surface area contributed by atoms with E-state index < -0.39 is 34.2 Å². The van der Waals surface area contributed by atoms with Crippen molar-refractivity contribution in [3.05, 3.63) is 90.0 Å². The van der Waals surface area contributed by atoms with Crippen LogP contribution < -0.4 is 10.0 Å². The van der Waals surface area contributed by atoms with E-state index in [9.17, 15) is 23.4 Å². The first kappa shape index (κ1) is 35.3. The lowest BCUT2D eigenvalue weighted by Crippen LogP contribution is -2.62. The smallest absolute Gasteiger partial charge is 0.241 e. The Hall–Kier alpha value is -3.56. The predicted molar refractivity (Wildman–Crippen MR) is 188 cm³/mol. The molecule has 10 heteroatoms. The second-order valence-electron chi connectivity index (χ2n) is 14.5. The van der Waals surface area contributed by atoms with Crippen molar-refractivity contribution in [3.63, 3.8) is 0 Å². The summed E-state index contributed by atoms with van der Waals surface area (Å²) >= 11 is 0. The van der Waals surface area contributed by atoms with Gasteiger partial charge in [-0.2, -0.15) is 9.79 Å². The number of sulfonamides is 1. The van der Waals surface area contributed by atoms with Gasteiger partial charge in [0.1, 0.15) is 12.1 Å². The number of carbonyl (C=O) groups is 1. The summed E-state index contributed by atoms with van der Waals surface area (Å²) in [5.74, 6) is 6.61. The first-order chi connectivity index (χ1) is 23.4. The topological polar surface area (TPSA) is 128 Å². The maximum Gasteiger partial charge on any atom is 0.241 e. The molecule has 49 heavy (non-hydrogen) atoms. The van der Waals surface area contributed by atoms with Crippen LogP contribution in [0.3, 0.4) is 0 Å². The molecule has 3 aromatic carbocycles. The summed E-state index contributed by atoms with van der Waals surface area (Å²) in [6.45, 7) is 8.34. The van der Waals surface area contributed by atoms with Gasteiger partial charge in [-0.1, -0.05) is 87.2 Å². The van der Waals surface area contributed by atoms with Crippen LogP contribution in [0.1, 0.15) is 51.7 Å². The van der Waals surface area contributed by atoms with Gasteiger partial charge in [-0.3, -0.25) is 9.63 Å². The molecule has 1 saturated heterocycles. The Balaban J connectivity index is 1.10. The van der Waals surface area contributed by atoms with Crippen molar-refractivity contribution in [2.45, 2.75) is 76.3 Å². The highest BCUT2D eigenvalue weighted by molar-refractivity contribution is 7.89. The molecule has 0 aromatic heterocycles. The van der Waals surface area contributed by atoms with Gasteiger partial charge in [0.25, 0.3) is 0 Å². The molecule has 3 saturated carbocycles. The molecule has 0 unspecified atom stereocenters. The summed E-state index contributed by atoms with van der Waals surface area (Å²) in [6.07, 6.45) is 0.537. The quantitative estimate of drug-likeness (QED) is 0.234. The van der Waals surface area contributed by atoms with Gasteiger partial charge in [-0.25, -0.2) is 8.42 Å². The third-order valence-electron chi connectivity index (χ3n) is 11.2. The van der Waals surface area contributed by atoms with Crippen molar-refractivity contribution in [2.75, 3.05) is 13.2 Å². The number of nitrogens with zero attached hydrogens (tertiary/aromatic N) is 1. The number of benzene rings is 3. The molecule has 1 amide bonds. The summed E-state index contributed by atoms with van der Waals surface area (Å²) in [7, 11) is -3.75. The molecule has 7 rings (SSSR count). The summed E-state index contributed by atoms with van der Waals surface area (Å²) in [6, 6.07) is 23.2. The van der Waals surface area contributed by atoms with E-state index in [1.807, 2.05) is 54.6 Å². The zero-order valence-electron chi connectivity index (χ0n) is 28.5. The van der Waals surface area contributed by atoms with Gasteiger partial charge in [-0.05, 0) is 83.9 Å². The minimum Gasteiger partial charge on any atom is -0.394 e. The Morgan fingerprint density at radius 1 is 1.04 bits per heavy atom. The van der Waals surface area contributed by atoms with Crippen molar-refractivity contribution in [3.8, 4) is 23.0 Å². The second kappa shape index (κ2) is 14.4. The number of rotatable bonds is 10. The molecule has 0 spiro atoms. The van der Waals surface area contributed by atoms with E-state index in [0.29, 0.717) is 28.7 Å². The van der Waals surface area contributed by atoms with Crippen molar-refractivity contribution >= 4 is 15.9 Å². The lowest BCUT2D eigenvalue weighted by atomic mass is 9.45. The lowest BCUT2D eigenvalue weighted by Gasteiger charge is -2.62. The van der Waals surface area contributed by atoms with Gasteiger partial charge < -0.3 is 15.5 Å². The third kappa shape index (κ3) is 7.34. The van der Waals surface area contributed by atoms with Crippen LogP contribution in [0.5, 0.6) is 0 Å². The molecule has 9 nitrogen and oxygen atoms in total. The zero-order chi connectivity index (χ0) is 34.9. The molecular weight excluding hydrogens is 639 g/mol. The largest absolute Gasteiger partial charge is 0.394 e. The Morgan fingerprint density at radius 2 is 1.76 bits per heavy atom. The minimum absolute atomic E-state index is 0.0543. The number of hydroxylamine groups is 2. The standard InChI is InChI=1S/C39H47N3O6S/c1-25-33-21-31(39(33,3)4)22-34(25)41-38(45)37-36(26(2)44)35(24-43)48-42(37)23-28-11-8-10-27(20-28)12-9-19-40-49(46,47)32-17-15-30(16-18-32)29-13-6-5-7-14-29/h5-8,10-11,13-18,20,25-26,31,33-37,40,43-44H,19,21-24H2,1-4H3,(H,41,45)/t25-,26-,31+,33-,34-,35-,36+,37-/m0/s1. The highest BCUT2D eigenvalue weighted by Gasteiger charge is 2.57. The van der Waals surface area contributed by atoms with Crippen LogP contribution in [0.15, 0.2) is 83.8 Å². The highest BCUT2D eigenvalue weighted by atomic mass is 32.2. The SMILES string of the molecule is C[C@@H]1[C@@H](NC(=O)[C@@H]2[C@H]([C@H](C)O)[C@H](CO)ON2Cc2cccc(C#CCNS(=O)(=O)c3ccc(-c4ccccc4)cc3)c2)C[C@H]2C[C@@H]1C2(C)C. The number of amides is 1. The molecule has 1 heterocycles. The molecule has 1 aliphatic heterocycles. The van der Waals surface area contributed by atoms with E-state index in [-0.39, 0.29) is 36.5 Å². The Morgan fingerprint density at radius 3 is 2.41 bits per heavy atom. The van der Waals surface area contributed by atoms with Crippen molar-refractivity contribution < 1.29 is 28.3 Å². The van der Waals surface area contributed by atoms with Crippen LogP contribution in [-0.4, -0.2) is 67.0 Å². The molecule has 2 bridgehead atoms. The summed E-state index contributed by atoms with van der Waals surface area (Å²) in [5, 5.41) is 25.7. The summed E-state index contributed by atoms with van der Waals surface area (Å²) < 4.78 is 28.3. The van der Waals surface area contributed by atoms with Gasteiger partial charge >= 0.3 is 0 Å². The second-order valence-corrected chi connectivity index (χ2v) is 16.2. The number of aliphatic hydroxyl groups excluding tert-OH is 2. The van der Waals surface area contributed by atoms with Crippen molar-refractivity contribution in [2.24, 2.45) is 29.1 Å². The summed E-state index contributed by atoms with van der Waals surface area (Å²) in [4.78, 5) is 20.2. The Kier molecular flexibility index (Phi) is 10.3. The minimum atomic E-state index is -3.75. The Labute approximate surface area is 290 Å². The van der Waals surface area contributed by atoms with Gasteiger partial charge in [0.15, 0.2) is 0 Å². The molecule has 3 aromatic rings. The molecule has 8 atom stereocenters. The molecular formula is C39H47N3O6S. The number of carbonyl (C=O) groups excluding carboxylic acids is 1. The van der Waals surface area contributed by atoms with Gasteiger partial charge in [0, 0.05) is 17.5 Å². The van der Waals surface area contributed by atoms with E-state index in [0.717, 1.165) is 23.1 Å².